The number of hydrogen-bond donors (Lipinski definition) is 2. The van der Waals surface area contributed by atoms with E-state index >= 15 is 0 Å². The van der Waals surface area contributed by atoms with Crippen LogP contribution >= 0.6 is 0 Å². The van der Waals surface area contributed by atoms with Crippen LogP contribution in [0, 0.1) is 6.92 Å². The number of aryl methyl sites for hydroxylation is 1. The number of pyridine rings is 1. The summed E-state index contributed by atoms with van der Waals surface area (Å²) >= 11 is 0. The molecule has 0 saturated carbocycles. The molecule has 8 heteroatoms. The van der Waals surface area contributed by atoms with E-state index in [0.29, 0.717) is 34.1 Å². The molecule has 2 N–H and O–H groups in total. The molecule has 3 aromatic rings. The Kier molecular flexibility index (Phi) is 4.67. The maximum atomic E-state index is 12.6. The zero-order valence-corrected chi connectivity index (χ0v) is 18.3. The minimum atomic E-state index is -3.43. The van der Waals surface area contributed by atoms with Crippen LogP contribution in [-0.2, 0) is 9.84 Å². The van der Waals surface area contributed by atoms with Crippen molar-refractivity contribution >= 4 is 20.7 Å². The van der Waals surface area contributed by atoms with Crippen LogP contribution in [0.25, 0.3) is 33.4 Å². The number of aromatic nitrogens is 3. The molecule has 0 spiro atoms. The third-order valence-corrected chi connectivity index (χ3v) is 7.32. The van der Waals surface area contributed by atoms with Gasteiger partial charge < -0.3 is 14.9 Å². The van der Waals surface area contributed by atoms with Gasteiger partial charge in [-0.25, -0.2) is 13.4 Å². The summed E-state index contributed by atoms with van der Waals surface area (Å²) in [6, 6.07) is 16.1. The standard InChI is InChI=1S/C24H21N3O4S/c1-3-32(29,30)18-6-7-23(31-17-5-4-16-8-10-25-22(16)13-17)21(14-18)20-12-15(2)27(28)24-19(20)9-11-26-24/h4-14,25,28H,3H2,1-2H3. The average Bonchev–Trinajstić information content (AvgIpc) is 3.46. The second kappa shape index (κ2) is 7.42. The second-order valence-electron chi connectivity index (χ2n) is 7.58. The summed E-state index contributed by atoms with van der Waals surface area (Å²) in [7, 11) is -3.43. The number of fused-ring (bicyclic) bond motifs is 2. The van der Waals surface area contributed by atoms with Crippen molar-refractivity contribution in [1.82, 2.24) is 14.7 Å². The Morgan fingerprint density at radius 2 is 1.88 bits per heavy atom. The van der Waals surface area contributed by atoms with Gasteiger partial charge in [-0.1, -0.05) is 6.92 Å². The molecule has 0 saturated heterocycles. The molecule has 0 amide bonds. The highest BCUT2D eigenvalue weighted by Gasteiger charge is 2.22. The molecule has 2 aliphatic heterocycles. The van der Waals surface area contributed by atoms with Crippen molar-refractivity contribution in [2.24, 2.45) is 0 Å². The van der Waals surface area contributed by atoms with Crippen LogP contribution in [0.2, 0.25) is 0 Å². The molecule has 162 valence electrons. The Morgan fingerprint density at radius 1 is 1.03 bits per heavy atom. The molecule has 0 aliphatic carbocycles. The first-order valence-corrected chi connectivity index (χ1v) is 11.8. The highest BCUT2D eigenvalue weighted by atomic mass is 32.2. The summed E-state index contributed by atoms with van der Waals surface area (Å²) in [5.74, 6) is 1.51. The normalized spacial score (nSPS) is 11.9. The zero-order chi connectivity index (χ0) is 22.5. The highest BCUT2D eigenvalue weighted by Crippen LogP contribution is 2.41. The SMILES string of the molecule is CCS(=O)(=O)c1ccc(Oc2ccc3cc[nH]c3c2)c(-c2cc(C)n(O)c3nccc2-3)c1. The number of rotatable bonds is 5. The minimum absolute atomic E-state index is 0.00602. The lowest BCUT2D eigenvalue weighted by atomic mass is 9.98. The number of ether oxygens (including phenoxy) is 1. The molecule has 2 aromatic carbocycles. The summed E-state index contributed by atoms with van der Waals surface area (Å²) in [4.78, 5) is 7.63. The third kappa shape index (κ3) is 3.29. The van der Waals surface area contributed by atoms with E-state index in [1.807, 2.05) is 30.5 Å². The molecule has 0 bridgehead atoms. The van der Waals surface area contributed by atoms with Gasteiger partial charge in [-0.3, -0.25) is 0 Å². The minimum Gasteiger partial charge on any atom is -0.457 e. The van der Waals surface area contributed by atoms with Crippen molar-refractivity contribution in [2.45, 2.75) is 18.7 Å². The van der Waals surface area contributed by atoms with Gasteiger partial charge in [-0.15, -0.1) is 0 Å². The Labute approximate surface area is 185 Å². The van der Waals surface area contributed by atoms with Gasteiger partial charge in [0.2, 0.25) is 0 Å². The van der Waals surface area contributed by atoms with Crippen LogP contribution in [-0.4, -0.2) is 34.1 Å². The number of nitrogens with zero attached hydrogens (tertiary/aromatic N) is 2. The van der Waals surface area contributed by atoms with Gasteiger partial charge >= 0.3 is 0 Å². The zero-order valence-electron chi connectivity index (χ0n) is 17.5. The van der Waals surface area contributed by atoms with Crippen LogP contribution in [0.1, 0.15) is 12.6 Å². The Morgan fingerprint density at radius 3 is 2.69 bits per heavy atom. The lowest BCUT2D eigenvalue weighted by Gasteiger charge is -2.18. The highest BCUT2D eigenvalue weighted by molar-refractivity contribution is 7.91. The predicted molar refractivity (Wildman–Crippen MR) is 122 cm³/mol. The van der Waals surface area contributed by atoms with Gasteiger partial charge in [0.25, 0.3) is 0 Å². The number of sulfone groups is 1. The van der Waals surface area contributed by atoms with Crippen molar-refractivity contribution in [1.29, 1.82) is 0 Å². The number of nitrogens with one attached hydrogen (secondary N) is 1. The fraction of sp³-hybridized carbons (Fsp3) is 0.125. The monoisotopic (exact) mass is 447 g/mol. The number of hydrogen-bond acceptors (Lipinski definition) is 5. The lowest BCUT2D eigenvalue weighted by molar-refractivity contribution is 0.180. The van der Waals surface area contributed by atoms with Crippen LogP contribution in [0.5, 0.6) is 11.5 Å². The van der Waals surface area contributed by atoms with E-state index in [2.05, 4.69) is 9.97 Å². The molecule has 0 radical (unpaired) electrons. The van der Waals surface area contributed by atoms with Gasteiger partial charge in [-0.05, 0) is 66.4 Å². The summed E-state index contributed by atoms with van der Waals surface area (Å²) in [6.07, 6.45) is 3.47. The third-order valence-electron chi connectivity index (χ3n) is 5.59. The van der Waals surface area contributed by atoms with E-state index in [9.17, 15) is 13.6 Å². The van der Waals surface area contributed by atoms with E-state index in [1.54, 1.807) is 50.4 Å². The van der Waals surface area contributed by atoms with Gasteiger partial charge in [0, 0.05) is 35.1 Å². The average molecular weight is 448 g/mol. The summed E-state index contributed by atoms with van der Waals surface area (Å²) in [5, 5.41) is 11.4. The lowest BCUT2D eigenvalue weighted by Crippen LogP contribution is -2.06. The molecule has 0 atom stereocenters. The fourth-order valence-electron chi connectivity index (χ4n) is 3.83. The van der Waals surface area contributed by atoms with Crippen molar-refractivity contribution in [3.8, 4) is 34.0 Å². The predicted octanol–water partition coefficient (Wildman–Crippen LogP) is 5.27. The molecule has 5 rings (SSSR count). The maximum absolute atomic E-state index is 12.6. The van der Waals surface area contributed by atoms with E-state index in [1.165, 1.54) is 0 Å². The first kappa shape index (κ1) is 20.1. The largest absolute Gasteiger partial charge is 0.457 e. The molecule has 0 unspecified atom stereocenters. The van der Waals surface area contributed by atoms with Crippen molar-refractivity contribution in [3.05, 3.63) is 72.7 Å². The number of benzene rings is 2. The number of aromatic amines is 1. The van der Waals surface area contributed by atoms with Gasteiger partial charge in [-0.2, -0.15) is 4.73 Å². The van der Waals surface area contributed by atoms with E-state index in [0.717, 1.165) is 21.2 Å². The first-order chi connectivity index (χ1) is 15.4. The van der Waals surface area contributed by atoms with E-state index in [4.69, 9.17) is 4.74 Å². The van der Waals surface area contributed by atoms with Crippen molar-refractivity contribution < 1.29 is 18.4 Å². The van der Waals surface area contributed by atoms with Gasteiger partial charge in [0.05, 0.1) is 16.3 Å². The van der Waals surface area contributed by atoms with E-state index in [-0.39, 0.29) is 10.6 Å². The van der Waals surface area contributed by atoms with Crippen LogP contribution < -0.4 is 4.74 Å². The quantitative estimate of drug-likeness (QED) is 0.358. The fourth-order valence-corrected chi connectivity index (χ4v) is 4.74. The van der Waals surface area contributed by atoms with Gasteiger partial charge in [0.1, 0.15) is 11.5 Å². The molecular weight excluding hydrogens is 426 g/mol. The molecule has 32 heavy (non-hydrogen) atoms. The molecule has 0 fully saturated rings. The summed E-state index contributed by atoms with van der Waals surface area (Å²) in [5.41, 5.74) is 3.52. The van der Waals surface area contributed by atoms with Crippen molar-refractivity contribution in [2.75, 3.05) is 5.75 Å². The van der Waals surface area contributed by atoms with Crippen LogP contribution in [0.4, 0.5) is 0 Å². The Hall–Kier alpha value is -3.78. The molecule has 7 nitrogen and oxygen atoms in total. The smallest absolute Gasteiger partial charge is 0.178 e. The molecule has 1 aromatic heterocycles. The maximum Gasteiger partial charge on any atom is 0.178 e. The van der Waals surface area contributed by atoms with Crippen molar-refractivity contribution in [3.63, 3.8) is 0 Å². The van der Waals surface area contributed by atoms with Crippen LogP contribution in [0.3, 0.4) is 0 Å². The van der Waals surface area contributed by atoms with Crippen LogP contribution in [0.15, 0.2) is 71.9 Å². The first-order valence-electron chi connectivity index (χ1n) is 10.2. The van der Waals surface area contributed by atoms with E-state index < -0.39 is 9.84 Å². The molecule has 2 aliphatic rings. The second-order valence-corrected chi connectivity index (χ2v) is 9.86. The summed E-state index contributed by atoms with van der Waals surface area (Å²) in [6.45, 7) is 3.37. The number of H-pyrrole nitrogens is 1. The Bertz CT molecular complexity index is 1530. The summed E-state index contributed by atoms with van der Waals surface area (Å²) < 4.78 is 32.5. The molecule has 3 heterocycles. The van der Waals surface area contributed by atoms with Gasteiger partial charge in [0.15, 0.2) is 15.7 Å². The topological polar surface area (TPSA) is 97.2 Å². The Balaban J connectivity index is 1.71. The molecular formula is C24H21N3O4S.